The highest BCUT2D eigenvalue weighted by molar-refractivity contribution is 5.77. The molecule has 0 aromatic carbocycles. The van der Waals surface area contributed by atoms with Crippen molar-refractivity contribution in [2.75, 3.05) is 13.7 Å². The zero-order valence-electron chi connectivity index (χ0n) is 6.91. The largest absolute Gasteiger partial charge is 0.468 e. The van der Waals surface area contributed by atoms with E-state index in [4.69, 9.17) is 5.73 Å². The van der Waals surface area contributed by atoms with Gasteiger partial charge in [0.05, 0.1) is 7.11 Å². The van der Waals surface area contributed by atoms with E-state index in [0.717, 1.165) is 5.69 Å². The molecular formula is C8H12N2O2. The van der Waals surface area contributed by atoms with Gasteiger partial charge in [0, 0.05) is 18.4 Å². The number of nitrogens with one attached hydrogen (secondary N) is 1. The van der Waals surface area contributed by atoms with Crippen LogP contribution >= 0.6 is 0 Å². The first-order valence-corrected chi connectivity index (χ1v) is 3.70. The lowest BCUT2D eigenvalue weighted by Gasteiger charge is -2.09. The Kier molecular flexibility index (Phi) is 2.88. The number of aromatic nitrogens is 1. The van der Waals surface area contributed by atoms with Crippen molar-refractivity contribution in [3.05, 3.63) is 24.0 Å². The molecule has 0 saturated carbocycles. The predicted molar refractivity (Wildman–Crippen MR) is 44.6 cm³/mol. The molecule has 1 atom stereocenters. The van der Waals surface area contributed by atoms with Crippen molar-refractivity contribution < 1.29 is 9.53 Å². The molecule has 12 heavy (non-hydrogen) atoms. The van der Waals surface area contributed by atoms with Crippen molar-refractivity contribution in [3.63, 3.8) is 0 Å². The van der Waals surface area contributed by atoms with Gasteiger partial charge < -0.3 is 15.5 Å². The van der Waals surface area contributed by atoms with Crippen molar-refractivity contribution in [2.24, 2.45) is 5.73 Å². The number of ether oxygens (including phenoxy) is 1. The van der Waals surface area contributed by atoms with E-state index in [-0.39, 0.29) is 18.4 Å². The van der Waals surface area contributed by atoms with Gasteiger partial charge in [-0.15, -0.1) is 0 Å². The summed E-state index contributed by atoms with van der Waals surface area (Å²) in [6.07, 6.45) is 1.75. The fraction of sp³-hybridized carbons (Fsp3) is 0.375. The lowest BCUT2D eigenvalue weighted by atomic mass is 10.1. The minimum absolute atomic E-state index is 0.257. The van der Waals surface area contributed by atoms with Crippen LogP contribution in [0.2, 0.25) is 0 Å². The van der Waals surface area contributed by atoms with Gasteiger partial charge in [-0.1, -0.05) is 0 Å². The van der Waals surface area contributed by atoms with E-state index >= 15 is 0 Å². The number of H-pyrrole nitrogens is 1. The van der Waals surface area contributed by atoms with Gasteiger partial charge in [0.25, 0.3) is 0 Å². The quantitative estimate of drug-likeness (QED) is 0.635. The van der Waals surface area contributed by atoms with Crippen LogP contribution in [0.15, 0.2) is 18.3 Å². The van der Waals surface area contributed by atoms with Gasteiger partial charge in [0.1, 0.15) is 5.92 Å². The third-order valence-electron chi connectivity index (χ3n) is 1.72. The number of hydrogen-bond acceptors (Lipinski definition) is 3. The summed E-state index contributed by atoms with van der Waals surface area (Å²) in [5, 5.41) is 0. The molecule has 1 heterocycles. The topological polar surface area (TPSA) is 68.1 Å². The van der Waals surface area contributed by atoms with Crippen LogP contribution in [-0.2, 0) is 9.53 Å². The molecule has 0 saturated heterocycles. The molecule has 66 valence electrons. The second-order valence-electron chi connectivity index (χ2n) is 2.44. The van der Waals surface area contributed by atoms with E-state index in [2.05, 4.69) is 9.72 Å². The van der Waals surface area contributed by atoms with Gasteiger partial charge in [0.15, 0.2) is 0 Å². The van der Waals surface area contributed by atoms with Crippen molar-refractivity contribution in [1.82, 2.24) is 4.98 Å². The molecule has 1 aromatic rings. The van der Waals surface area contributed by atoms with Gasteiger partial charge in [-0.3, -0.25) is 4.79 Å². The number of carbonyl (C=O) groups excluding carboxylic acids is 1. The molecule has 0 amide bonds. The minimum atomic E-state index is -0.370. The van der Waals surface area contributed by atoms with Crippen LogP contribution in [0.3, 0.4) is 0 Å². The number of esters is 1. The predicted octanol–water partition coefficient (Wildman–Crippen LogP) is 0.230. The number of methoxy groups -OCH3 is 1. The minimum Gasteiger partial charge on any atom is -0.468 e. The number of hydrogen-bond donors (Lipinski definition) is 2. The van der Waals surface area contributed by atoms with Gasteiger partial charge in [-0.05, 0) is 12.1 Å². The highest BCUT2D eigenvalue weighted by atomic mass is 16.5. The Bertz CT molecular complexity index is 244. The number of aromatic amines is 1. The lowest BCUT2D eigenvalue weighted by Crippen LogP contribution is -2.22. The molecule has 1 rings (SSSR count). The maximum absolute atomic E-state index is 11.1. The second kappa shape index (κ2) is 3.92. The Balaban J connectivity index is 2.76. The Morgan fingerprint density at radius 3 is 3.00 bits per heavy atom. The summed E-state index contributed by atoms with van der Waals surface area (Å²) < 4.78 is 4.59. The zero-order valence-corrected chi connectivity index (χ0v) is 6.91. The highest BCUT2D eigenvalue weighted by Crippen LogP contribution is 2.12. The average Bonchev–Trinajstić information content (AvgIpc) is 2.58. The summed E-state index contributed by atoms with van der Waals surface area (Å²) in [5.74, 6) is -0.676. The van der Waals surface area contributed by atoms with Crippen molar-refractivity contribution in [3.8, 4) is 0 Å². The summed E-state index contributed by atoms with van der Waals surface area (Å²) in [6.45, 7) is 0.257. The van der Waals surface area contributed by atoms with Crippen LogP contribution < -0.4 is 5.73 Å². The number of nitrogens with two attached hydrogens (primary N) is 1. The number of rotatable bonds is 3. The second-order valence-corrected chi connectivity index (χ2v) is 2.44. The van der Waals surface area contributed by atoms with Gasteiger partial charge in [-0.25, -0.2) is 0 Å². The molecule has 0 bridgehead atoms. The van der Waals surface area contributed by atoms with E-state index in [0.29, 0.717) is 0 Å². The Morgan fingerprint density at radius 1 is 1.83 bits per heavy atom. The lowest BCUT2D eigenvalue weighted by molar-refractivity contribution is -0.142. The standard InChI is InChI=1S/C8H12N2O2/c1-12-8(11)6(5-9)7-3-2-4-10-7/h2-4,6,10H,5,9H2,1H3. The summed E-state index contributed by atoms with van der Waals surface area (Å²) in [5.41, 5.74) is 6.22. The third kappa shape index (κ3) is 1.65. The monoisotopic (exact) mass is 168 g/mol. The maximum atomic E-state index is 11.1. The summed E-state index contributed by atoms with van der Waals surface area (Å²) in [7, 11) is 1.36. The Morgan fingerprint density at radius 2 is 2.58 bits per heavy atom. The molecule has 0 radical (unpaired) electrons. The molecule has 0 aliphatic carbocycles. The van der Waals surface area contributed by atoms with E-state index < -0.39 is 0 Å². The third-order valence-corrected chi connectivity index (χ3v) is 1.72. The van der Waals surface area contributed by atoms with Crippen molar-refractivity contribution in [1.29, 1.82) is 0 Å². The Labute approximate surface area is 70.7 Å². The molecule has 1 aromatic heterocycles. The van der Waals surface area contributed by atoms with Crippen molar-refractivity contribution >= 4 is 5.97 Å². The van der Waals surface area contributed by atoms with Crippen LogP contribution in [0, 0.1) is 0 Å². The number of carbonyl (C=O) groups is 1. The van der Waals surface area contributed by atoms with Crippen LogP contribution in [0.4, 0.5) is 0 Å². The molecule has 0 fully saturated rings. The van der Waals surface area contributed by atoms with Crippen molar-refractivity contribution in [2.45, 2.75) is 5.92 Å². The van der Waals surface area contributed by atoms with E-state index in [1.54, 1.807) is 6.20 Å². The first-order chi connectivity index (χ1) is 5.79. The van der Waals surface area contributed by atoms with E-state index in [1.165, 1.54) is 7.11 Å². The molecular weight excluding hydrogens is 156 g/mol. The molecule has 3 N–H and O–H groups in total. The molecule has 4 nitrogen and oxygen atoms in total. The zero-order chi connectivity index (χ0) is 8.97. The molecule has 0 spiro atoms. The normalized spacial score (nSPS) is 12.5. The first kappa shape index (κ1) is 8.80. The van der Waals surface area contributed by atoms with Crippen LogP contribution in [-0.4, -0.2) is 24.6 Å². The summed E-state index contributed by atoms with van der Waals surface area (Å²) >= 11 is 0. The average molecular weight is 168 g/mol. The molecule has 4 heteroatoms. The SMILES string of the molecule is COC(=O)C(CN)c1ccc[nH]1. The maximum Gasteiger partial charge on any atom is 0.315 e. The fourth-order valence-corrected chi connectivity index (χ4v) is 1.05. The van der Waals surface area contributed by atoms with Crippen LogP contribution in [0.25, 0.3) is 0 Å². The smallest absolute Gasteiger partial charge is 0.315 e. The summed E-state index contributed by atoms with van der Waals surface area (Å²) in [6, 6.07) is 3.63. The summed E-state index contributed by atoms with van der Waals surface area (Å²) in [4.78, 5) is 14.0. The van der Waals surface area contributed by atoms with E-state index in [1.807, 2.05) is 12.1 Å². The van der Waals surface area contributed by atoms with Crippen LogP contribution in [0.5, 0.6) is 0 Å². The van der Waals surface area contributed by atoms with Crippen LogP contribution in [0.1, 0.15) is 11.6 Å². The van der Waals surface area contributed by atoms with E-state index in [9.17, 15) is 4.79 Å². The Hall–Kier alpha value is -1.29. The molecule has 1 unspecified atom stereocenters. The van der Waals surface area contributed by atoms with Gasteiger partial charge in [-0.2, -0.15) is 0 Å². The highest BCUT2D eigenvalue weighted by Gasteiger charge is 2.19. The molecule has 0 aliphatic heterocycles. The van der Waals surface area contributed by atoms with Gasteiger partial charge >= 0.3 is 5.97 Å². The first-order valence-electron chi connectivity index (χ1n) is 3.70. The molecule has 0 aliphatic rings. The fourth-order valence-electron chi connectivity index (χ4n) is 1.05. The van der Waals surface area contributed by atoms with Gasteiger partial charge in [0.2, 0.25) is 0 Å².